The van der Waals surface area contributed by atoms with Gasteiger partial charge in [0.25, 0.3) is 0 Å². The molecular weight excluding hydrogens is 243 g/mol. The molecule has 2 rings (SSSR count). The van der Waals surface area contributed by atoms with Gasteiger partial charge in [0, 0.05) is 15.6 Å². The van der Waals surface area contributed by atoms with Crippen molar-refractivity contribution < 1.29 is 0 Å². The van der Waals surface area contributed by atoms with Crippen molar-refractivity contribution in [1.29, 1.82) is 0 Å². The fraction of sp³-hybridized carbons (Fsp3) is 0.0833. The first-order valence-corrected chi connectivity index (χ1v) is 5.50. The van der Waals surface area contributed by atoms with Gasteiger partial charge in [-0.3, -0.25) is 4.98 Å². The van der Waals surface area contributed by atoms with E-state index in [1.54, 1.807) is 12.3 Å². The molecule has 0 radical (unpaired) electrons. The van der Waals surface area contributed by atoms with E-state index in [1.807, 2.05) is 25.1 Å². The second-order valence-electron chi connectivity index (χ2n) is 3.59. The maximum absolute atomic E-state index is 5.95. The predicted molar refractivity (Wildman–Crippen MR) is 68.8 cm³/mol. The molecule has 0 saturated heterocycles. The monoisotopic (exact) mass is 252 g/mol. The zero-order valence-corrected chi connectivity index (χ0v) is 10.2. The topological polar surface area (TPSA) is 38.9 Å². The predicted octanol–water partition coefficient (Wildman–Crippen LogP) is 3.95. The quantitative estimate of drug-likeness (QED) is 0.835. The van der Waals surface area contributed by atoms with Crippen LogP contribution in [0.5, 0.6) is 0 Å². The van der Waals surface area contributed by atoms with Crippen LogP contribution in [0.25, 0.3) is 11.3 Å². The van der Waals surface area contributed by atoms with E-state index in [0.29, 0.717) is 15.7 Å². The molecule has 0 unspecified atom stereocenters. The molecule has 16 heavy (non-hydrogen) atoms. The lowest BCUT2D eigenvalue weighted by Gasteiger charge is -2.06. The third-order valence-electron chi connectivity index (χ3n) is 2.24. The van der Waals surface area contributed by atoms with Crippen LogP contribution in [0.3, 0.4) is 0 Å². The van der Waals surface area contributed by atoms with Crippen LogP contribution in [0.1, 0.15) is 5.56 Å². The van der Waals surface area contributed by atoms with Crippen LogP contribution in [0, 0.1) is 6.92 Å². The van der Waals surface area contributed by atoms with Gasteiger partial charge in [-0.05, 0) is 36.8 Å². The molecule has 1 heterocycles. The minimum Gasteiger partial charge on any atom is -0.397 e. The Morgan fingerprint density at radius 3 is 2.25 bits per heavy atom. The summed E-state index contributed by atoms with van der Waals surface area (Å²) in [6.07, 6.45) is 1.62. The lowest BCUT2D eigenvalue weighted by molar-refractivity contribution is 1.27. The van der Waals surface area contributed by atoms with Gasteiger partial charge in [0.15, 0.2) is 0 Å². The van der Waals surface area contributed by atoms with E-state index < -0.39 is 0 Å². The molecule has 0 spiro atoms. The summed E-state index contributed by atoms with van der Waals surface area (Å²) in [7, 11) is 0. The van der Waals surface area contributed by atoms with Crippen LogP contribution in [0.2, 0.25) is 10.0 Å². The molecule has 82 valence electrons. The Labute approximate surface area is 104 Å². The van der Waals surface area contributed by atoms with Gasteiger partial charge >= 0.3 is 0 Å². The maximum Gasteiger partial charge on any atom is 0.0733 e. The van der Waals surface area contributed by atoms with Crippen LogP contribution in [-0.4, -0.2) is 4.98 Å². The number of halogens is 2. The molecule has 2 nitrogen and oxygen atoms in total. The molecule has 2 N–H and O–H groups in total. The Bertz CT molecular complexity index is 518. The molecule has 0 atom stereocenters. The Morgan fingerprint density at radius 1 is 1.06 bits per heavy atom. The molecule has 0 saturated carbocycles. The highest BCUT2D eigenvalue weighted by molar-refractivity contribution is 6.35. The number of hydrogen-bond donors (Lipinski definition) is 1. The smallest absolute Gasteiger partial charge is 0.0733 e. The Morgan fingerprint density at radius 2 is 1.69 bits per heavy atom. The van der Waals surface area contributed by atoms with Crippen LogP contribution in [0.4, 0.5) is 5.69 Å². The summed E-state index contributed by atoms with van der Waals surface area (Å²) in [5, 5.41) is 1.20. The van der Waals surface area contributed by atoms with E-state index in [-0.39, 0.29) is 0 Å². The molecule has 0 aliphatic heterocycles. The number of aromatic nitrogens is 1. The average molecular weight is 253 g/mol. The number of nitrogens with two attached hydrogens (primary N) is 1. The van der Waals surface area contributed by atoms with Gasteiger partial charge in [0.1, 0.15) is 0 Å². The van der Waals surface area contributed by atoms with Crippen molar-refractivity contribution in [2.75, 3.05) is 5.73 Å². The number of benzene rings is 1. The normalized spacial score (nSPS) is 10.4. The highest BCUT2D eigenvalue weighted by atomic mass is 35.5. The Hall–Kier alpha value is -1.25. The van der Waals surface area contributed by atoms with Gasteiger partial charge in [0.2, 0.25) is 0 Å². The maximum atomic E-state index is 5.95. The summed E-state index contributed by atoms with van der Waals surface area (Å²) in [5.41, 5.74) is 9.04. The highest BCUT2D eigenvalue weighted by Crippen LogP contribution is 2.28. The highest BCUT2D eigenvalue weighted by Gasteiger charge is 2.06. The van der Waals surface area contributed by atoms with Crippen molar-refractivity contribution in [1.82, 2.24) is 4.98 Å². The lowest BCUT2D eigenvalue weighted by atomic mass is 10.1. The van der Waals surface area contributed by atoms with E-state index >= 15 is 0 Å². The zero-order valence-electron chi connectivity index (χ0n) is 8.67. The van der Waals surface area contributed by atoms with Crippen molar-refractivity contribution >= 4 is 28.9 Å². The summed E-state index contributed by atoms with van der Waals surface area (Å²) in [6.45, 7) is 1.95. The first kappa shape index (κ1) is 11.2. The summed E-state index contributed by atoms with van der Waals surface area (Å²) in [6, 6.07) is 7.23. The van der Waals surface area contributed by atoms with Gasteiger partial charge < -0.3 is 5.73 Å². The molecule has 1 aromatic carbocycles. The number of rotatable bonds is 1. The average Bonchev–Trinajstić information content (AvgIpc) is 2.15. The van der Waals surface area contributed by atoms with Gasteiger partial charge in [0.05, 0.1) is 17.6 Å². The molecular formula is C12H10Cl2N2. The fourth-order valence-electron chi connectivity index (χ4n) is 1.59. The SMILES string of the molecule is Cc1cc(N)cnc1-c1cc(Cl)cc(Cl)c1. The van der Waals surface area contributed by atoms with Gasteiger partial charge in [-0.1, -0.05) is 23.2 Å². The number of hydrogen-bond acceptors (Lipinski definition) is 2. The number of anilines is 1. The molecule has 1 aromatic heterocycles. The number of nitrogen functional groups attached to an aromatic ring is 1. The van der Waals surface area contributed by atoms with Crippen molar-refractivity contribution in [3.63, 3.8) is 0 Å². The van der Waals surface area contributed by atoms with Crippen molar-refractivity contribution in [2.45, 2.75) is 6.92 Å². The molecule has 0 amide bonds. The molecule has 0 fully saturated rings. The molecule has 2 aromatic rings. The van der Waals surface area contributed by atoms with E-state index in [0.717, 1.165) is 16.8 Å². The second-order valence-corrected chi connectivity index (χ2v) is 4.47. The first-order valence-electron chi connectivity index (χ1n) is 4.75. The van der Waals surface area contributed by atoms with Crippen LogP contribution in [-0.2, 0) is 0 Å². The summed E-state index contributed by atoms with van der Waals surface area (Å²) in [5.74, 6) is 0. The van der Waals surface area contributed by atoms with Crippen LogP contribution >= 0.6 is 23.2 Å². The number of aryl methyl sites for hydroxylation is 1. The van der Waals surface area contributed by atoms with Crippen molar-refractivity contribution in [3.8, 4) is 11.3 Å². The van der Waals surface area contributed by atoms with Crippen molar-refractivity contribution in [3.05, 3.63) is 46.1 Å². The van der Waals surface area contributed by atoms with Gasteiger partial charge in [-0.15, -0.1) is 0 Å². The largest absolute Gasteiger partial charge is 0.397 e. The Balaban J connectivity index is 2.58. The minimum atomic E-state index is 0.598. The van der Waals surface area contributed by atoms with Crippen LogP contribution < -0.4 is 5.73 Å². The third-order valence-corrected chi connectivity index (χ3v) is 2.67. The van der Waals surface area contributed by atoms with E-state index in [2.05, 4.69) is 4.98 Å². The van der Waals surface area contributed by atoms with Crippen molar-refractivity contribution in [2.24, 2.45) is 0 Å². The number of nitrogens with zero attached hydrogens (tertiary/aromatic N) is 1. The van der Waals surface area contributed by atoms with E-state index in [1.165, 1.54) is 0 Å². The Kier molecular flexibility index (Phi) is 3.03. The standard InChI is InChI=1S/C12H10Cl2N2/c1-7-2-11(15)6-16-12(7)8-3-9(13)5-10(14)4-8/h2-6H,15H2,1H3. The molecule has 0 aliphatic rings. The lowest BCUT2D eigenvalue weighted by Crippen LogP contribution is -1.92. The summed E-state index contributed by atoms with van der Waals surface area (Å²) < 4.78 is 0. The summed E-state index contributed by atoms with van der Waals surface area (Å²) in [4.78, 5) is 4.29. The molecule has 4 heteroatoms. The second kappa shape index (κ2) is 4.32. The summed E-state index contributed by atoms with van der Waals surface area (Å²) >= 11 is 11.9. The van der Waals surface area contributed by atoms with E-state index in [4.69, 9.17) is 28.9 Å². The van der Waals surface area contributed by atoms with Gasteiger partial charge in [-0.2, -0.15) is 0 Å². The fourth-order valence-corrected chi connectivity index (χ4v) is 2.12. The molecule has 0 aliphatic carbocycles. The van der Waals surface area contributed by atoms with Crippen LogP contribution in [0.15, 0.2) is 30.5 Å². The minimum absolute atomic E-state index is 0.598. The zero-order chi connectivity index (χ0) is 11.7. The molecule has 0 bridgehead atoms. The number of pyridine rings is 1. The third kappa shape index (κ3) is 2.29. The van der Waals surface area contributed by atoms with Gasteiger partial charge in [-0.25, -0.2) is 0 Å². The first-order chi connectivity index (χ1) is 7.56. The van der Waals surface area contributed by atoms with E-state index in [9.17, 15) is 0 Å².